The van der Waals surface area contributed by atoms with Gasteiger partial charge >= 0.3 is 0 Å². The fraction of sp³-hybridized carbons (Fsp3) is 1.00. The van der Waals surface area contributed by atoms with Crippen molar-refractivity contribution < 1.29 is 8.78 Å². The highest BCUT2D eigenvalue weighted by Gasteiger charge is 2.47. The lowest BCUT2D eigenvalue weighted by atomic mass is 9.89. The highest BCUT2D eigenvalue weighted by molar-refractivity contribution is 4.95. The Morgan fingerprint density at radius 3 is 2.14 bits per heavy atom. The first kappa shape index (κ1) is 10.3. The van der Waals surface area contributed by atoms with E-state index in [-0.39, 0.29) is 12.3 Å². The van der Waals surface area contributed by atoms with Crippen molar-refractivity contribution in [1.29, 1.82) is 0 Å². The lowest BCUT2D eigenvalue weighted by Crippen LogP contribution is -2.42. The summed E-state index contributed by atoms with van der Waals surface area (Å²) >= 11 is 0. The minimum atomic E-state index is -2.45. The lowest BCUT2D eigenvalue weighted by molar-refractivity contribution is -0.0308. The number of rotatable bonds is 1. The maximum absolute atomic E-state index is 13.5. The van der Waals surface area contributed by atoms with Gasteiger partial charge in [0.2, 0.25) is 0 Å². The van der Waals surface area contributed by atoms with Gasteiger partial charge in [-0.3, -0.25) is 0 Å². The molecule has 0 bridgehead atoms. The van der Waals surface area contributed by atoms with Gasteiger partial charge in [0, 0.05) is 13.0 Å². The van der Waals surface area contributed by atoms with Crippen LogP contribution >= 0.6 is 0 Å². The molecule has 0 spiro atoms. The van der Waals surface area contributed by atoms with Crippen LogP contribution in [-0.4, -0.2) is 18.5 Å². The molecule has 1 aliphatic carbocycles. The fourth-order valence-electron chi connectivity index (χ4n) is 2.85. The van der Waals surface area contributed by atoms with Gasteiger partial charge in [0.1, 0.15) is 0 Å². The first-order valence-corrected chi connectivity index (χ1v) is 5.81. The minimum Gasteiger partial charge on any atom is -0.308 e. The Kier molecular flexibility index (Phi) is 3.05. The zero-order chi connectivity index (χ0) is 10.0. The third kappa shape index (κ3) is 2.08. The monoisotopic (exact) mass is 203 g/mol. The van der Waals surface area contributed by atoms with Crippen molar-refractivity contribution in [2.45, 2.75) is 56.9 Å². The van der Waals surface area contributed by atoms with Gasteiger partial charge < -0.3 is 5.32 Å². The molecule has 0 aromatic rings. The summed E-state index contributed by atoms with van der Waals surface area (Å²) in [6, 6.07) is -0.527. The van der Waals surface area contributed by atoms with Crippen molar-refractivity contribution >= 4 is 0 Å². The first-order valence-electron chi connectivity index (χ1n) is 5.81. The minimum absolute atomic E-state index is 0.0359. The molecule has 0 amide bonds. The van der Waals surface area contributed by atoms with Gasteiger partial charge in [-0.05, 0) is 18.8 Å². The Balaban J connectivity index is 1.98. The second kappa shape index (κ2) is 4.13. The van der Waals surface area contributed by atoms with Crippen LogP contribution in [0, 0.1) is 5.92 Å². The number of alkyl halides is 2. The van der Waals surface area contributed by atoms with Gasteiger partial charge in [0.25, 0.3) is 5.92 Å². The predicted octanol–water partition coefficient (Wildman–Crippen LogP) is 2.95. The smallest absolute Gasteiger partial charge is 0.264 e. The molecule has 0 aromatic carbocycles. The molecular weight excluding hydrogens is 184 g/mol. The number of halogens is 2. The Hall–Kier alpha value is -0.180. The van der Waals surface area contributed by atoms with Crippen LogP contribution in [0.1, 0.15) is 44.9 Å². The van der Waals surface area contributed by atoms with Crippen molar-refractivity contribution in [2.75, 3.05) is 6.54 Å². The summed E-state index contributed by atoms with van der Waals surface area (Å²) in [6.07, 6.45) is 6.76. The molecule has 0 radical (unpaired) electrons. The van der Waals surface area contributed by atoms with Crippen molar-refractivity contribution in [2.24, 2.45) is 5.92 Å². The van der Waals surface area contributed by atoms with Gasteiger partial charge in [0.15, 0.2) is 0 Å². The zero-order valence-corrected chi connectivity index (χ0v) is 8.57. The third-order valence-electron chi connectivity index (χ3n) is 3.65. The van der Waals surface area contributed by atoms with Crippen molar-refractivity contribution in [1.82, 2.24) is 5.32 Å². The molecule has 1 N–H and O–H groups in total. The van der Waals surface area contributed by atoms with E-state index in [2.05, 4.69) is 5.32 Å². The highest BCUT2D eigenvalue weighted by atomic mass is 19.3. The Morgan fingerprint density at radius 1 is 1.00 bits per heavy atom. The van der Waals surface area contributed by atoms with Crippen LogP contribution < -0.4 is 5.32 Å². The molecule has 82 valence electrons. The average Bonchev–Trinajstić information content (AvgIpc) is 2.41. The van der Waals surface area contributed by atoms with Crippen LogP contribution in [0.25, 0.3) is 0 Å². The van der Waals surface area contributed by atoms with Gasteiger partial charge in [-0.25, -0.2) is 8.78 Å². The maximum atomic E-state index is 13.5. The molecular formula is C11H19F2N. The third-order valence-corrected chi connectivity index (χ3v) is 3.65. The Bertz CT molecular complexity index is 186. The zero-order valence-electron chi connectivity index (χ0n) is 8.57. The Labute approximate surface area is 84.3 Å². The quantitative estimate of drug-likeness (QED) is 0.646. The average molecular weight is 203 g/mol. The van der Waals surface area contributed by atoms with Crippen LogP contribution in [0.3, 0.4) is 0 Å². The van der Waals surface area contributed by atoms with Crippen LogP contribution in [0.5, 0.6) is 0 Å². The van der Waals surface area contributed by atoms with Gasteiger partial charge in [-0.1, -0.05) is 25.7 Å². The molecule has 1 heterocycles. The van der Waals surface area contributed by atoms with Gasteiger partial charge in [0.05, 0.1) is 6.04 Å². The molecule has 1 aliphatic heterocycles. The largest absolute Gasteiger partial charge is 0.308 e. The van der Waals surface area contributed by atoms with E-state index in [1.54, 1.807) is 0 Å². The molecule has 1 atom stereocenters. The van der Waals surface area contributed by atoms with Crippen molar-refractivity contribution in [3.05, 3.63) is 0 Å². The highest BCUT2D eigenvalue weighted by Crippen LogP contribution is 2.37. The number of hydrogen-bond acceptors (Lipinski definition) is 1. The first-order chi connectivity index (χ1) is 6.70. The summed E-state index contributed by atoms with van der Waals surface area (Å²) in [7, 11) is 0. The second-order valence-corrected chi connectivity index (χ2v) is 4.69. The standard InChI is InChI=1S/C11H19F2N/c12-11(13)7-8-14-10(11)9-5-3-1-2-4-6-9/h9-10,14H,1-8H2. The molecule has 2 fully saturated rings. The van der Waals surface area contributed by atoms with Crippen LogP contribution in [0.2, 0.25) is 0 Å². The molecule has 0 aromatic heterocycles. The van der Waals surface area contributed by atoms with E-state index in [0.717, 1.165) is 25.7 Å². The van der Waals surface area contributed by atoms with E-state index in [1.165, 1.54) is 12.8 Å². The number of hydrogen-bond donors (Lipinski definition) is 1. The SMILES string of the molecule is FC1(F)CCNC1C1CCCCCC1. The summed E-state index contributed by atoms with van der Waals surface area (Å²) in [6.45, 7) is 0.494. The summed E-state index contributed by atoms with van der Waals surface area (Å²) in [5.74, 6) is -2.23. The van der Waals surface area contributed by atoms with Crippen molar-refractivity contribution in [3.8, 4) is 0 Å². The summed E-state index contributed by atoms with van der Waals surface area (Å²) in [5.41, 5.74) is 0. The second-order valence-electron chi connectivity index (χ2n) is 4.69. The lowest BCUT2D eigenvalue weighted by Gasteiger charge is -2.27. The topological polar surface area (TPSA) is 12.0 Å². The van der Waals surface area contributed by atoms with Crippen molar-refractivity contribution in [3.63, 3.8) is 0 Å². The van der Waals surface area contributed by atoms with E-state index in [0.29, 0.717) is 6.54 Å². The van der Waals surface area contributed by atoms with Gasteiger partial charge in [-0.2, -0.15) is 0 Å². The molecule has 1 nitrogen and oxygen atoms in total. The molecule has 1 saturated heterocycles. The van der Waals surface area contributed by atoms with Gasteiger partial charge in [-0.15, -0.1) is 0 Å². The van der Waals surface area contributed by atoms with Crippen LogP contribution in [0.4, 0.5) is 8.78 Å². The van der Waals surface area contributed by atoms with E-state index in [9.17, 15) is 8.78 Å². The normalized spacial score (nSPS) is 34.3. The summed E-state index contributed by atoms with van der Waals surface area (Å²) in [5, 5.41) is 2.99. The van der Waals surface area contributed by atoms with Crippen LogP contribution in [-0.2, 0) is 0 Å². The fourth-order valence-corrected chi connectivity index (χ4v) is 2.85. The number of nitrogens with one attached hydrogen (secondary N) is 1. The van der Waals surface area contributed by atoms with Crippen LogP contribution in [0.15, 0.2) is 0 Å². The van der Waals surface area contributed by atoms with E-state index in [1.807, 2.05) is 0 Å². The van der Waals surface area contributed by atoms with E-state index in [4.69, 9.17) is 0 Å². The van der Waals surface area contributed by atoms with E-state index < -0.39 is 12.0 Å². The predicted molar refractivity (Wildman–Crippen MR) is 52.5 cm³/mol. The maximum Gasteiger partial charge on any atom is 0.264 e. The summed E-state index contributed by atoms with van der Waals surface area (Å²) < 4.78 is 26.9. The molecule has 1 unspecified atom stereocenters. The molecule has 2 rings (SSSR count). The summed E-state index contributed by atoms with van der Waals surface area (Å²) in [4.78, 5) is 0. The molecule has 1 saturated carbocycles. The molecule has 2 aliphatic rings. The Morgan fingerprint density at radius 2 is 1.64 bits per heavy atom. The molecule has 14 heavy (non-hydrogen) atoms. The van der Waals surface area contributed by atoms with E-state index >= 15 is 0 Å². The molecule has 3 heteroatoms.